The minimum atomic E-state index is -0.0805. The molecule has 0 radical (unpaired) electrons. The average Bonchev–Trinajstić information content (AvgIpc) is 2.93. The van der Waals surface area contributed by atoms with Crippen molar-refractivity contribution in [3.63, 3.8) is 0 Å². The Morgan fingerprint density at radius 2 is 2.09 bits per heavy atom. The molecule has 0 N–H and O–H groups in total. The van der Waals surface area contributed by atoms with Crippen LogP contribution in [-0.4, -0.2) is 39.1 Å². The molecule has 2 heterocycles. The lowest BCUT2D eigenvalue weighted by molar-refractivity contribution is -0.136. The maximum absolute atomic E-state index is 12.4. The van der Waals surface area contributed by atoms with Crippen molar-refractivity contribution >= 4 is 23.0 Å². The molecule has 0 aromatic carbocycles. The lowest BCUT2D eigenvalue weighted by atomic mass is 10.2. The first-order valence-corrected chi connectivity index (χ1v) is 8.00. The lowest BCUT2D eigenvalue weighted by Crippen LogP contribution is -2.41. The summed E-state index contributed by atoms with van der Waals surface area (Å²) in [4.78, 5) is 33.9. The standard InChI is InChI=1S/C16H19N3O2S/c1-11(2)19(9-12(3)20)15(21)8-13-10-22-16(18-13)14-6-4-5-7-17-14/h4-7,10-11H,8-9H2,1-3H3. The third-order valence-electron chi connectivity index (χ3n) is 3.10. The van der Waals surface area contributed by atoms with E-state index in [1.807, 2.05) is 37.4 Å². The molecule has 0 spiro atoms. The Morgan fingerprint density at radius 1 is 1.32 bits per heavy atom. The number of thiazole rings is 1. The average molecular weight is 317 g/mol. The van der Waals surface area contributed by atoms with Gasteiger partial charge in [-0.05, 0) is 32.9 Å². The third-order valence-corrected chi connectivity index (χ3v) is 4.02. The highest BCUT2D eigenvalue weighted by Crippen LogP contribution is 2.21. The smallest absolute Gasteiger partial charge is 0.229 e. The van der Waals surface area contributed by atoms with Crippen molar-refractivity contribution in [1.29, 1.82) is 0 Å². The molecule has 2 rings (SSSR count). The summed E-state index contributed by atoms with van der Waals surface area (Å²) in [6, 6.07) is 5.64. The molecule has 116 valence electrons. The van der Waals surface area contributed by atoms with Crippen LogP contribution in [0, 0.1) is 0 Å². The van der Waals surface area contributed by atoms with E-state index < -0.39 is 0 Å². The van der Waals surface area contributed by atoms with E-state index in [-0.39, 0.29) is 30.7 Å². The van der Waals surface area contributed by atoms with Gasteiger partial charge in [-0.25, -0.2) is 4.98 Å². The van der Waals surface area contributed by atoms with E-state index in [9.17, 15) is 9.59 Å². The highest BCUT2D eigenvalue weighted by atomic mass is 32.1. The van der Waals surface area contributed by atoms with E-state index in [1.54, 1.807) is 11.1 Å². The topological polar surface area (TPSA) is 63.2 Å². The molecular formula is C16H19N3O2S. The fraction of sp³-hybridized carbons (Fsp3) is 0.375. The Hall–Kier alpha value is -2.08. The number of Topliss-reactive ketones (excluding diaryl/α,β-unsaturated/α-hetero) is 1. The Labute approximate surface area is 134 Å². The first kappa shape index (κ1) is 16.3. The van der Waals surface area contributed by atoms with Crippen LogP contribution in [0.5, 0.6) is 0 Å². The van der Waals surface area contributed by atoms with Crippen LogP contribution >= 0.6 is 11.3 Å². The zero-order valence-corrected chi connectivity index (χ0v) is 13.8. The second-order valence-corrected chi connectivity index (χ2v) is 6.21. The summed E-state index contributed by atoms with van der Waals surface area (Å²) in [5, 5.41) is 2.67. The number of rotatable bonds is 6. The second kappa shape index (κ2) is 7.26. The molecule has 2 aromatic heterocycles. The number of carbonyl (C=O) groups excluding carboxylic acids is 2. The van der Waals surface area contributed by atoms with Gasteiger partial charge in [0.15, 0.2) is 0 Å². The lowest BCUT2D eigenvalue weighted by Gasteiger charge is -2.25. The van der Waals surface area contributed by atoms with Crippen LogP contribution in [0.3, 0.4) is 0 Å². The first-order chi connectivity index (χ1) is 10.5. The van der Waals surface area contributed by atoms with E-state index in [0.717, 1.165) is 10.7 Å². The molecule has 0 fully saturated rings. The summed E-state index contributed by atoms with van der Waals surface area (Å²) in [5.74, 6) is -0.0995. The normalized spacial score (nSPS) is 10.7. The number of ketones is 1. The number of carbonyl (C=O) groups is 2. The van der Waals surface area contributed by atoms with Crippen molar-refractivity contribution in [2.75, 3.05) is 6.54 Å². The molecule has 22 heavy (non-hydrogen) atoms. The van der Waals surface area contributed by atoms with Gasteiger partial charge in [-0.2, -0.15) is 0 Å². The molecule has 5 nitrogen and oxygen atoms in total. The highest BCUT2D eigenvalue weighted by Gasteiger charge is 2.20. The third kappa shape index (κ3) is 4.21. The largest absolute Gasteiger partial charge is 0.333 e. The number of aromatic nitrogens is 2. The van der Waals surface area contributed by atoms with E-state index >= 15 is 0 Å². The molecule has 0 atom stereocenters. The highest BCUT2D eigenvalue weighted by molar-refractivity contribution is 7.13. The Kier molecular flexibility index (Phi) is 5.38. The monoisotopic (exact) mass is 317 g/mol. The molecule has 0 unspecified atom stereocenters. The summed E-state index contributed by atoms with van der Waals surface area (Å²) in [7, 11) is 0. The predicted octanol–water partition coefficient (Wildman–Crippen LogP) is 2.57. The van der Waals surface area contributed by atoms with Gasteiger partial charge in [-0.15, -0.1) is 11.3 Å². The van der Waals surface area contributed by atoms with Crippen LogP contribution in [0.15, 0.2) is 29.8 Å². The van der Waals surface area contributed by atoms with E-state index in [0.29, 0.717) is 5.69 Å². The second-order valence-electron chi connectivity index (χ2n) is 5.35. The summed E-state index contributed by atoms with van der Waals surface area (Å²) >= 11 is 1.47. The Bertz CT molecular complexity index is 652. The van der Waals surface area contributed by atoms with Gasteiger partial charge >= 0.3 is 0 Å². The van der Waals surface area contributed by atoms with Gasteiger partial charge in [-0.3, -0.25) is 14.6 Å². The molecule has 0 aliphatic carbocycles. The minimum absolute atomic E-state index is 0.00899. The van der Waals surface area contributed by atoms with Crippen molar-refractivity contribution < 1.29 is 9.59 Å². The molecule has 0 aliphatic heterocycles. The number of amides is 1. The van der Waals surface area contributed by atoms with Crippen molar-refractivity contribution in [2.45, 2.75) is 33.2 Å². The predicted molar refractivity (Wildman–Crippen MR) is 86.6 cm³/mol. The van der Waals surface area contributed by atoms with Crippen LogP contribution in [0.2, 0.25) is 0 Å². The Balaban J connectivity index is 2.09. The van der Waals surface area contributed by atoms with Crippen LogP contribution in [0.4, 0.5) is 0 Å². The van der Waals surface area contributed by atoms with Crippen molar-refractivity contribution in [1.82, 2.24) is 14.9 Å². The maximum atomic E-state index is 12.4. The van der Waals surface area contributed by atoms with Crippen molar-refractivity contribution in [2.24, 2.45) is 0 Å². The van der Waals surface area contributed by atoms with E-state index in [4.69, 9.17) is 0 Å². The number of hydrogen-bond donors (Lipinski definition) is 0. The zero-order valence-electron chi connectivity index (χ0n) is 12.9. The first-order valence-electron chi connectivity index (χ1n) is 7.12. The quantitative estimate of drug-likeness (QED) is 0.821. The molecule has 6 heteroatoms. The summed E-state index contributed by atoms with van der Waals surface area (Å²) in [6.45, 7) is 5.45. The van der Waals surface area contributed by atoms with Gasteiger partial charge in [0, 0.05) is 17.6 Å². The van der Waals surface area contributed by atoms with Gasteiger partial charge in [0.1, 0.15) is 10.8 Å². The number of hydrogen-bond acceptors (Lipinski definition) is 5. The molecule has 0 bridgehead atoms. The summed E-state index contributed by atoms with van der Waals surface area (Å²) in [5.41, 5.74) is 1.51. The van der Waals surface area contributed by atoms with Crippen molar-refractivity contribution in [3.05, 3.63) is 35.5 Å². The number of nitrogens with zero attached hydrogens (tertiary/aromatic N) is 3. The minimum Gasteiger partial charge on any atom is -0.333 e. The van der Waals surface area contributed by atoms with Gasteiger partial charge < -0.3 is 4.90 Å². The van der Waals surface area contributed by atoms with E-state index in [2.05, 4.69) is 9.97 Å². The SMILES string of the molecule is CC(=O)CN(C(=O)Cc1csc(-c2ccccn2)n1)C(C)C. The molecule has 1 amide bonds. The van der Waals surface area contributed by atoms with Gasteiger partial charge in [0.2, 0.25) is 5.91 Å². The summed E-state index contributed by atoms with van der Waals surface area (Å²) in [6.07, 6.45) is 1.92. The van der Waals surface area contributed by atoms with Gasteiger partial charge in [-0.1, -0.05) is 6.07 Å². The summed E-state index contributed by atoms with van der Waals surface area (Å²) < 4.78 is 0. The molecule has 2 aromatic rings. The molecular weight excluding hydrogens is 298 g/mol. The van der Waals surface area contributed by atoms with Crippen LogP contribution in [0.1, 0.15) is 26.5 Å². The molecule has 0 saturated carbocycles. The van der Waals surface area contributed by atoms with Crippen LogP contribution in [-0.2, 0) is 16.0 Å². The fourth-order valence-electron chi connectivity index (χ4n) is 2.05. The maximum Gasteiger partial charge on any atom is 0.229 e. The van der Waals surface area contributed by atoms with Crippen molar-refractivity contribution in [3.8, 4) is 10.7 Å². The molecule has 0 aliphatic rings. The number of pyridine rings is 1. The molecule has 0 saturated heterocycles. The van der Waals surface area contributed by atoms with Crippen LogP contribution < -0.4 is 0 Å². The Morgan fingerprint density at radius 3 is 2.68 bits per heavy atom. The van der Waals surface area contributed by atoms with Gasteiger partial charge in [0.05, 0.1) is 24.4 Å². The zero-order chi connectivity index (χ0) is 16.1. The van der Waals surface area contributed by atoms with Crippen LogP contribution in [0.25, 0.3) is 10.7 Å². The van der Waals surface area contributed by atoms with E-state index in [1.165, 1.54) is 18.3 Å². The fourth-order valence-corrected chi connectivity index (χ4v) is 2.85. The van der Waals surface area contributed by atoms with Gasteiger partial charge in [0.25, 0.3) is 0 Å².